The third-order valence-corrected chi connectivity index (χ3v) is 4.66. The molecule has 3 aromatic rings. The molecule has 3 rings (SSSR count). The summed E-state index contributed by atoms with van der Waals surface area (Å²) >= 11 is 0. The summed E-state index contributed by atoms with van der Waals surface area (Å²) in [7, 11) is 1.52. The molecule has 1 amide bonds. The number of fused-ring (bicyclic) bond motifs is 1. The molecule has 1 atom stereocenters. The van der Waals surface area contributed by atoms with Crippen molar-refractivity contribution in [2.45, 2.75) is 20.0 Å². The smallest absolute Gasteiger partial charge is 0.342 e. The molecule has 1 heterocycles. The minimum atomic E-state index is -1.02. The van der Waals surface area contributed by atoms with Gasteiger partial charge in [0.1, 0.15) is 11.3 Å². The molecular formula is C23H23NO6. The lowest BCUT2D eigenvalue weighted by molar-refractivity contribution is -0.129. The summed E-state index contributed by atoms with van der Waals surface area (Å²) in [5.41, 5.74) is 1.16. The number of nitrogens with one attached hydrogen (secondary N) is 1. The van der Waals surface area contributed by atoms with Crippen LogP contribution in [0.3, 0.4) is 0 Å². The van der Waals surface area contributed by atoms with E-state index in [0.717, 1.165) is 5.56 Å². The van der Waals surface area contributed by atoms with Gasteiger partial charge in [0.05, 0.1) is 12.0 Å². The van der Waals surface area contributed by atoms with Crippen molar-refractivity contribution < 1.29 is 23.5 Å². The quantitative estimate of drug-likeness (QED) is 0.476. The molecule has 0 aliphatic heterocycles. The van der Waals surface area contributed by atoms with E-state index in [9.17, 15) is 14.4 Å². The van der Waals surface area contributed by atoms with Crippen LogP contribution in [0.1, 0.15) is 22.8 Å². The van der Waals surface area contributed by atoms with E-state index < -0.39 is 18.0 Å². The molecule has 1 N–H and O–H groups in total. The third-order valence-electron chi connectivity index (χ3n) is 4.66. The maximum absolute atomic E-state index is 12.9. The maximum Gasteiger partial charge on any atom is 0.342 e. The lowest BCUT2D eigenvalue weighted by Gasteiger charge is -2.14. The predicted molar refractivity (Wildman–Crippen MR) is 112 cm³/mol. The summed E-state index contributed by atoms with van der Waals surface area (Å²) in [5.74, 6) is -0.803. The van der Waals surface area contributed by atoms with Crippen LogP contribution in [0.2, 0.25) is 0 Å². The van der Waals surface area contributed by atoms with Gasteiger partial charge in [-0.05, 0) is 26.0 Å². The molecular weight excluding hydrogens is 386 g/mol. The lowest BCUT2D eigenvalue weighted by Crippen LogP contribution is -2.37. The van der Waals surface area contributed by atoms with Crippen LogP contribution in [-0.2, 0) is 14.3 Å². The molecule has 7 nitrogen and oxygen atoms in total. The highest BCUT2D eigenvalue weighted by molar-refractivity contribution is 6.03. The number of rotatable bonds is 7. The number of esters is 1. The van der Waals surface area contributed by atoms with Crippen LogP contribution in [0.5, 0.6) is 0 Å². The average Bonchev–Trinajstić information content (AvgIpc) is 2.76. The van der Waals surface area contributed by atoms with Gasteiger partial charge in [-0.25, -0.2) is 4.79 Å². The zero-order chi connectivity index (χ0) is 21.7. The van der Waals surface area contributed by atoms with Crippen LogP contribution in [0.4, 0.5) is 0 Å². The Bertz CT molecular complexity index is 1120. The molecule has 0 fully saturated rings. The van der Waals surface area contributed by atoms with Crippen molar-refractivity contribution in [1.29, 1.82) is 0 Å². The van der Waals surface area contributed by atoms with Gasteiger partial charge in [-0.1, -0.05) is 36.4 Å². The summed E-state index contributed by atoms with van der Waals surface area (Å²) in [6, 6.07) is 13.9. The monoisotopic (exact) mass is 409 g/mol. The third kappa shape index (κ3) is 4.41. The molecule has 0 spiro atoms. The summed E-state index contributed by atoms with van der Waals surface area (Å²) in [4.78, 5) is 37.7. The molecule has 0 bridgehead atoms. The second-order valence-electron chi connectivity index (χ2n) is 6.76. The first-order valence-electron chi connectivity index (χ1n) is 9.53. The van der Waals surface area contributed by atoms with Crippen LogP contribution >= 0.6 is 0 Å². The number of hydrogen-bond acceptors (Lipinski definition) is 6. The Balaban J connectivity index is 1.96. The van der Waals surface area contributed by atoms with Crippen LogP contribution < -0.4 is 10.7 Å². The van der Waals surface area contributed by atoms with E-state index in [1.165, 1.54) is 20.1 Å². The summed E-state index contributed by atoms with van der Waals surface area (Å²) in [6.07, 6.45) is -1.02. The van der Waals surface area contributed by atoms with Gasteiger partial charge in [0, 0.05) is 24.8 Å². The van der Waals surface area contributed by atoms with Crippen molar-refractivity contribution >= 4 is 22.8 Å². The molecule has 0 radical (unpaired) electrons. The molecule has 0 saturated carbocycles. The van der Waals surface area contributed by atoms with Gasteiger partial charge < -0.3 is 19.2 Å². The Morgan fingerprint density at radius 1 is 1.10 bits per heavy atom. The number of amides is 1. The molecule has 156 valence electrons. The van der Waals surface area contributed by atoms with Crippen molar-refractivity contribution in [2.24, 2.45) is 0 Å². The fraction of sp³-hybridized carbons (Fsp3) is 0.261. The number of para-hydroxylation sites is 1. The molecule has 2 aromatic carbocycles. The number of carbonyl (C=O) groups is 2. The van der Waals surface area contributed by atoms with Crippen molar-refractivity contribution in [3.63, 3.8) is 0 Å². The van der Waals surface area contributed by atoms with Gasteiger partial charge in [-0.3, -0.25) is 9.59 Å². The second-order valence-corrected chi connectivity index (χ2v) is 6.76. The Morgan fingerprint density at radius 2 is 1.83 bits per heavy atom. The number of benzene rings is 2. The van der Waals surface area contributed by atoms with E-state index >= 15 is 0 Å². The van der Waals surface area contributed by atoms with Crippen LogP contribution in [0.25, 0.3) is 22.3 Å². The average molecular weight is 409 g/mol. The highest BCUT2D eigenvalue weighted by Crippen LogP contribution is 2.27. The zero-order valence-electron chi connectivity index (χ0n) is 17.1. The maximum atomic E-state index is 12.9. The Kier molecular flexibility index (Phi) is 6.64. The van der Waals surface area contributed by atoms with E-state index in [1.807, 2.05) is 30.3 Å². The minimum absolute atomic E-state index is 0.0818. The van der Waals surface area contributed by atoms with Gasteiger partial charge in [0.25, 0.3) is 5.91 Å². The van der Waals surface area contributed by atoms with Gasteiger partial charge in [0.15, 0.2) is 17.1 Å². The molecule has 0 aliphatic rings. The molecule has 0 saturated heterocycles. The summed E-state index contributed by atoms with van der Waals surface area (Å²) in [6.45, 7) is 3.81. The molecule has 7 heteroatoms. The normalized spacial score (nSPS) is 11.8. The number of methoxy groups -OCH3 is 1. The highest BCUT2D eigenvalue weighted by Gasteiger charge is 2.23. The highest BCUT2D eigenvalue weighted by atomic mass is 16.5. The van der Waals surface area contributed by atoms with Crippen LogP contribution in [0, 0.1) is 6.92 Å². The van der Waals surface area contributed by atoms with E-state index in [4.69, 9.17) is 13.9 Å². The van der Waals surface area contributed by atoms with Gasteiger partial charge in [0.2, 0.25) is 0 Å². The van der Waals surface area contributed by atoms with Crippen LogP contribution in [0.15, 0.2) is 57.7 Å². The standard InChI is InChI=1S/C23H23NO6/c1-14-19(25)17-10-7-11-18(21(17)30-20(14)16-8-5-4-6-9-16)23(27)29-15(2)22(26)24-12-13-28-3/h4-11,15H,12-13H2,1-3H3,(H,24,26)/t15-/m1/s1. The van der Waals surface area contributed by atoms with E-state index in [2.05, 4.69) is 5.32 Å². The topological polar surface area (TPSA) is 94.8 Å². The number of ether oxygens (including phenoxy) is 2. The fourth-order valence-corrected chi connectivity index (χ4v) is 3.03. The van der Waals surface area contributed by atoms with Gasteiger partial charge in [-0.2, -0.15) is 0 Å². The largest absolute Gasteiger partial charge is 0.455 e. The molecule has 0 aliphatic carbocycles. The van der Waals surface area contributed by atoms with E-state index in [1.54, 1.807) is 19.1 Å². The van der Waals surface area contributed by atoms with Crippen molar-refractivity contribution in [1.82, 2.24) is 5.32 Å². The summed E-state index contributed by atoms with van der Waals surface area (Å²) < 4.78 is 16.2. The number of carbonyl (C=O) groups excluding carboxylic acids is 2. The lowest BCUT2D eigenvalue weighted by atomic mass is 10.0. The van der Waals surface area contributed by atoms with Crippen LogP contribution in [-0.4, -0.2) is 38.2 Å². The van der Waals surface area contributed by atoms with E-state index in [-0.39, 0.29) is 22.0 Å². The van der Waals surface area contributed by atoms with Crippen molar-refractivity contribution in [2.75, 3.05) is 20.3 Å². The van der Waals surface area contributed by atoms with Gasteiger partial charge >= 0.3 is 5.97 Å². The molecule has 0 unspecified atom stereocenters. The summed E-state index contributed by atoms with van der Waals surface area (Å²) in [5, 5.41) is 2.89. The second kappa shape index (κ2) is 9.37. The SMILES string of the molecule is COCCNC(=O)[C@@H](C)OC(=O)c1cccc2c(=O)c(C)c(-c3ccccc3)oc12. The number of hydrogen-bond donors (Lipinski definition) is 1. The molecule has 1 aromatic heterocycles. The van der Waals surface area contributed by atoms with Gasteiger partial charge in [-0.15, -0.1) is 0 Å². The first-order valence-corrected chi connectivity index (χ1v) is 9.53. The Morgan fingerprint density at radius 3 is 2.53 bits per heavy atom. The predicted octanol–water partition coefficient (Wildman–Crippen LogP) is 3.08. The first-order chi connectivity index (χ1) is 14.4. The van der Waals surface area contributed by atoms with E-state index in [0.29, 0.717) is 24.5 Å². The zero-order valence-corrected chi connectivity index (χ0v) is 17.1. The Hall–Kier alpha value is -3.45. The molecule has 30 heavy (non-hydrogen) atoms. The fourth-order valence-electron chi connectivity index (χ4n) is 3.03. The van der Waals surface area contributed by atoms with Crippen molar-refractivity contribution in [3.05, 3.63) is 69.9 Å². The Labute approximate surface area is 173 Å². The van der Waals surface area contributed by atoms with Crippen molar-refractivity contribution in [3.8, 4) is 11.3 Å². The minimum Gasteiger partial charge on any atom is -0.455 e. The first kappa shape index (κ1) is 21.3.